The van der Waals surface area contributed by atoms with Crippen molar-refractivity contribution in [3.8, 4) is 23.0 Å². The smallest absolute Gasteiger partial charge is 0.221 e. The highest BCUT2D eigenvalue weighted by atomic mass is 16.5. The van der Waals surface area contributed by atoms with Gasteiger partial charge in [-0.3, -0.25) is 4.79 Å². The molecule has 0 unspecified atom stereocenters. The van der Waals surface area contributed by atoms with Crippen LogP contribution in [0.15, 0.2) is 30.3 Å². The lowest BCUT2D eigenvalue weighted by Gasteiger charge is -2.38. The van der Waals surface area contributed by atoms with Gasteiger partial charge in [0.25, 0.3) is 0 Å². The normalized spacial score (nSPS) is 20.5. The molecular weight excluding hydrogens is 374 g/mol. The number of methoxy groups -OCH3 is 4. The minimum absolute atomic E-state index is 0.180. The molecule has 0 fully saturated rings. The second kappa shape index (κ2) is 8.61. The summed E-state index contributed by atoms with van der Waals surface area (Å²) < 4.78 is 21.7. The molecule has 29 heavy (non-hydrogen) atoms. The second-order valence-corrected chi connectivity index (χ2v) is 7.06. The van der Waals surface area contributed by atoms with Crippen molar-refractivity contribution < 1.29 is 28.8 Å². The first kappa shape index (κ1) is 20.8. The Hall–Kier alpha value is -2.93. The summed E-state index contributed by atoms with van der Waals surface area (Å²) in [6, 6.07) is 9.40. The van der Waals surface area contributed by atoms with Crippen LogP contribution in [0.1, 0.15) is 22.6 Å². The number of carbonyl (C=O) groups is 1. The molecule has 3 rings (SSSR count). The Labute approximate surface area is 170 Å². The number of carbonyl (C=O) groups excluding carboxylic acids is 1. The van der Waals surface area contributed by atoms with Gasteiger partial charge in [-0.25, -0.2) is 0 Å². The number of fused-ring (bicyclic) bond motifs is 1. The predicted octanol–water partition coefficient (Wildman–Crippen LogP) is 2.12. The van der Waals surface area contributed by atoms with Gasteiger partial charge >= 0.3 is 0 Å². The molecule has 1 aliphatic rings. The van der Waals surface area contributed by atoms with Crippen molar-refractivity contribution in [1.82, 2.24) is 0 Å². The molecule has 0 heterocycles. The van der Waals surface area contributed by atoms with Crippen LogP contribution in [0, 0.1) is 11.8 Å². The molecule has 0 spiro atoms. The topological polar surface area (TPSA) is 100 Å². The molecular formula is C22H27NO6. The van der Waals surface area contributed by atoms with Crippen LogP contribution in [0.2, 0.25) is 0 Å². The zero-order valence-electron chi connectivity index (χ0n) is 17.1. The summed E-state index contributed by atoms with van der Waals surface area (Å²) >= 11 is 0. The van der Waals surface area contributed by atoms with E-state index < -0.39 is 11.8 Å². The monoisotopic (exact) mass is 401 g/mol. The molecule has 0 saturated carbocycles. The Morgan fingerprint density at radius 2 is 1.55 bits per heavy atom. The van der Waals surface area contributed by atoms with E-state index in [1.807, 2.05) is 30.3 Å². The summed E-state index contributed by atoms with van der Waals surface area (Å²) in [5.74, 6) is 0.751. The molecule has 156 valence electrons. The van der Waals surface area contributed by atoms with E-state index in [0.29, 0.717) is 29.4 Å². The number of primary amides is 1. The number of ether oxygens (including phenoxy) is 4. The first-order valence-electron chi connectivity index (χ1n) is 9.35. The van der Waals surface area contributed by atoms with Gasteiger partial charge < -0.3 is 29.8 Å². The Morgan fingerprint density at radius 1 is 0.966 bits per heavy atom. The summed E-state index contributed by atoms with van der Waals surface area (Å²) in [6.45, 7) is -0.180. The van der Waals surface area contributed by atoms with Gasteiger partial charge in [0.1, 0.15) is 0 Å². The van der Waals surface area contributed by atoms with Crippen LogP contribution in [-0.4, -0.2) is 46.1 Å². The van der Waals surface area contributed by atoms with Crippen LogP contribution in [-0.2, 0) is 11.2 Å². The Kier molecular flexibility index (Phi) is 6.17. The van der Waals surface area contributed by atoms with Gasteiger partial charge in [0.05, 0.1) is 28.4 Å². The number of hydrogen-bond acceptors (Lipinski definition) is 6. The maximum absolute atomic E-state index is 12.2. The lowest BCUT2D eigenvalue weighted by Crippen LogP contribution is -2.40. The van der Waals surface area contributed by atoms with Crippen LogP contribution in [0.3, 0.4) is 0 Å². The highest BCUT2D eigenvalue weighted by Gasteiger charge is 2.41. The van der Waals surface area contributed by atoms with Crippen molar-refractivity contribution in [2.75, 3.05) is 35.0 Å². The summed E-state index contributed by atoms with van der Waals surface area (Å²) in [4.78, 5) is 12.2. The Morgan fingerprint density at radius 3 is 2.10 bits per heavy atom. The van der Waals surface area contributed by atoms with Crippen LogP contribution >= 0.6 is 0 Å². The molecule has 0 radical (unpaired) electrons. The lowest BCUT2D eigenvalue weighted by atomic mass is 9.66. The molecule has 7 heteroatoms. The summed E-state index contributed by atoms with van der Waals surface area (Å²) in [5.41, 5.74) is 8.50. The fraction of sp³-hybridized carbons (Fsp3) is 0.409. The quantitative estimate of drug-likeness (QED) is 0.737. The van der Waals surface area contributed by atoms with Gasteiger partial charge in [0.2, 0.25) is 5.91 Å². The van der Waals surface area contributed by atoms with E-state index in [-0.39, 0.29) is 18.4 Å². The van der Waals surface area contributed by atoms with E-state index in [1.54, 1.807) is 28.4 Å². The third kappa shape index (κ3) is 3.70. The summed E-state index contributed by atoms with van der Waals surface area (Å²) in [6.07, 6.45) is 0.431. The van der Waals surface area contributed by atoms with Gasteiger partial charge in [0.15, 0.2) is 23.0 Å². The molecule has 1 amide bonds. The molecule has 0 aromatic heterocycles. The molecule has 3 N–H and O–H groups in total. The van der Waals surface area contributed by atoms with Gasteiger partial charge in [-0.2, -0.15) is 0 Å². The zero-order valence-corrected chi connectivity index (χ0v) is 17.1. The Balaban J connectivity index is 2.23. The van der Waals surface area contributed by atoms with Crippen LogP contribution in [0.5, 0.6) is 23.0 Å². The average molecular weight is 401 g/mol. The summed E-state index contributed by atoms with van der Waals surface area (Å²) in [7, 11) is 6.29. The fourth-order valence-corrected chi connectivity index (χ4v) is 4.27. The average Bonchev–Trinajstić information content (AvgIpc) is 2.75. The van der Waals surface area contributed by atoms with E-state index in [2.05, 4.69) is 0 Å². The largest absolute Gasteiger partial charge is 0.493 e. The lowest BCUT2D eigenvalue weighted by molar-refractivity contribution is -0.124. The molecule has 0 bridgehead atoms. The molecule has 2 aromatic carbocycles. The molecule has 7 nitrogen and oxygen atoms in total. The first-order chi connectivity index (χ1) is 14.0. The predicted molar refractivity (Wildman–Crippen MR) is 108 cm³/mol. The number of aliphatic hydroxyl groups excluding tert-OH is 1. The molecule has 0 aliphatic heterocycles. The first-order valence-corrected chi connectivity index (χ1v) is 9.35. The minimum atomic E-state index is -0.510. The van der Waals surface area contributed by atoms with E-state index in [4.69, 9.17) is 24.7 Å². The van der Waals surface area contributed by atoms with Crippen LogP contribution in [0.25, 0.3) is 0 Å². The number of aliphatic hydroxyl groups is 1. The van der Waals surface area contributed by atoms with Crippen molar-refractivity contribution in [2.45, 2.75) is 12.3 Å². The number of nitrogens with two attached hydrogens (primary N) is 1. The maximum atomic E-state index is 12.2. The zero-order chi connectivity index (χ0) is 21.1. The van der Waals surface area contributed by atoms with Crippen molar-refractivity contribution in [3.63, 3.8) is 0 Å². The SMILES string of the molecule is COc1ccc([C@@H]2c3cc(OC)c(OC)cc3C[C@@H](C(N)=O)[C@@H]2CO)cc1OC. The van der Waals surface area contributed by atoms with E-state index in [1.165, 1.54) is 0 Å². The van der Waals surface area contributed by atoms with Crippen LogP contribution < -0.4 is 24.7 Å². The van der Waals surface area contributed by atoms with Gasteiger partial charge in [0, 0.05) is 24.4 Å². The molecule has 1 aliphatic carbocycles. The number of amides is 1. The molecule has 0 saturated heterocycles. The highest BCUT2D eigenvalue weighted by molar-refractivity contribution is 5.78. The van der Waals surface area contributed by atoms with Crippen molar-refractivity contribution in [2.24, 2.45) is 17.6 Å². The standard InChI is InChI=1S/C22H27NO6/c1-26-17-6-5-12(8-18(17)27-2)21-14-10-20(29-4)19(28-3)9-13(14)7-15(22(23)25)16(21)11-24/h5-6,8-10,15-16,21,24H,7,11H2,1-4H3,(H2,23,25)/t15-,16+,21-/m1/s1. The fourth-order valence-electron chi connectivity index (χ4n) is 4.27. The number of benzene rings is 2. The van der Waals surface area contributed by atoms with Gasteiger partial charge in [-0.15, -0.1) is 0 Å². The van der Waals surface area contributed by atoms with E-state index in [0.717, 1.165) is 16.7 Å². The van der Waals surface area contributed by atoms with Gasteiger partial charge in [-0.05, 0) is 47.4 Å². The summed E-state index contributed by atoms with van der Waals surface area (Å²) in [5, 5.41) is 10.2. The molecule has 3 atom stereocenters. The Bertz CT molecular complexity index is 897. The van der Waals surface area contributed by atoms with Crippen molar-refractivity contribution in [1.29, 1.82) is 0 Å². The van der Waals surface area contributed by atoms with Crippen molar-refractivity contribution in [3.05, 3.63) is 47.0 Å². The number of hydrogen-bond donors (Lipinski definition) is 2. The highest BCUT2D eigenvalue weighted by Crippen LogP contribution is 2.48. The number of rotatable bonds is 7. The minimum Gasteiger partial charge on any atom is -0.493 e. The second-order valence-electron chi connectivity index (χ2n) is 7.06. The van der Waals surface area contributed by atoms with Crippen LogP contribution in [0.4, 0.5) is 0 Å². The van der Waals surface area contributed by atoms with Crippen molar-refractivity contribution >= 4 is 5.91 Å². The van der Waals surface area contributed by atoms with E-state index in [9.17, 15) is 9.90 Å². The van der Waals surface area contributed by atoms with Gasteiger partial charge in [-0.1, -0.05) is 6.07 Å². The third-order valence-corrected chi connectivity index (χ3v) is 5.71. The van der Waals surface area contributed by atoms with E-state index >= 15 is 0 Å². The molecule has 2 aromatic rings. The third-order valence-electron chi connectivity index (χ3n) is 5.71. The maximum Gasteiger partial charge on any atom is 0.221 e.